The van der Waals surface area contributed by atoms with Crippen LogP contribution in [0.25, 0.3) is 0 Å². The van der Waals surface area contributed by atoms with Crippen molar-refractivity contribution in [1.29, 1.82) is 0 Å². The van der Waals surface area contributed by atoms with Gasteiger partial charge in [-0.05, 0) is 19.8 Å². The van der Waals surface area contributed by atoms with E-state index in [0.29, 0.717) is 23.2 Å². The molecule has 3 unspecified atom stereocenters. The van der Waals surface area contributed by atoms with Gasteiger partial charge in [0.2, 0.25) is 0 Å². The lowest BCUT2D eigenvalue weighted by atomic mass is 9.85. The molecular weight excluding hydrogens is 478 g/mol. The number of alkyl halides is 1. The Kier molecular flexibility index (Phi) is 8.91. The van der Waals surface area contributed by atoms with E-state index < -0.39 is 23.3 Å². The Morgan fingerprint density at radius 1 is 0.972 bits per heavy atom. The lowest BCUT2D eigenvalue weighted by Gasteiger charge is -2.38. The molecule has 7 heteroatoms. The molecule has 2 aliphatic rings. The number of benzene rings is 2. The molecule has 2 fully saturated rings. The van der Waals surface area contributed by atoms with Crippen LogP contribution in [0.4, 0.5) is 4.79 Å². The lowest BCUT2D eigenvalue weighted by Crippen LogP contribution is -3.18. The molecule has 2 saturated heterocycles. The number of rotatable bonds is 10. The third-order valence-corrected chi connectivity index (χ3v) is 7.58. The molecule has 4 rings (SSSR count). The maximum absolute atomic E-state index is 14.1. The summed E-state index contributed by atoms with van der Waals surface area (Å²) in [5.74, 6) is -0.613. The fraction of sp³-hybridized carbons (Fsp3) is 0.517. The van der Waals surface area contributed by atoms with E-state index in [4.69, 9.17) is 25.8 Å². The normalized spacial score (nSPS) is 24.1. The zero-order valence-corrected chi connectivity index (χ0v) is 21.9. The maximum atomic E-state index is 14.1. The van der Waals surface area contributed by atoms with Gasteiger partial charge in [0.1, 0.15) is 6.10 Å². The minimum atomic E-state index is -1.81. The second-order valence-electron chi connectivity index (χ2n) is 9.93. The zero-order chi connectivity index (χ0) is 25.5. The van der Waals surface area contributed by atoms with Crippen LogP contribution in [0, 0.1) is 0 Å². The van der Waals surface area contributed by atoms with Crippen molar-refractivity contribution in [3.8, 4) is 0 Å². The van der Waals surface area contributed by atoms with Crippen molar-refractivity contribution in [1.82, 2.24) is 0 Å². The van der Waals surface area contributed by atoms with Gasteiger partial charge in [-0.25, -0.2) is 9.59 Å². The van der Waals surface area contributed by atoms with Gasteiger partial charge in [0.15, 0.2) is 5.56 Å². The standard InChI is InChI=1S/C29H36ClNO5/c1-3-4-11-18-31-24-16-17-25(31)20-26(19-24)35-27(32)29(22-12-7-5-8-13-22,23-14-9-6-10-15-23)36-28(33)34-21(2)30/h5-10,12-15,21,24-26H,3-4,11,16-20H2,1-2H3/p+1. The molecule has 0 saturated carbocycles. The molecule has 6 nitrogen and oxygen atoms in total. The smallest absolute Gasteiger partial charge is 0.458 e. The molecule has 0 aliphatic carbocycles. The molecule has 194 valence electrons. The van der Waals surface area contributed by atoms with Crippen LogP contribution in [0.5, 0.6) is 0 Å². The highest BCUT2D eigenvalue weighted by molar-refractivity contribution is 6.19. The fourth-order valence-electron chi connectivity index (χ4n) is 5.88. The molecule has 2 aromatic carbocycles. The summed E-state index contributed by atoms with van der Waals surface area (Å²) in [7, 11) is 0. The number of hydrogen-bond donors (Lipinski definition) is 1. The summed E-state index contributed by atoms with van der Waals surface area (Å²) in [6.07, 6.45) is 6.45. The average Bonchev–Trinajstić information content (AvgIpc) is 3.11. The number of esters is 1. The zero-order valence-electron chi connectivity index (χ0n) is 21.2. The van der Waals surface area contributed by atoms with Crippen molar-refractivity contribution in [2.75, 3.05) is 6.54 Å². The molecule has 3 atom stereocenters. The van der Waals surface area contributed by atoms with Gasteiger partial charge in [0, 0.05) is 36.8 Å². The van der Waals surface area contributed by atoms with E-state index in [-0.39, 0.29) is 6.10 Å². The van der Waals surface area contributed by atoms with Crippen molar-refractivity contribution >= 4 is 23.7 Å². The Balaban J connectivity index is 1.61. The van der Waals surface area contributed by atoms with Gasteiger partial charge in [0.05, 0.1) is 18.6 Å². The number of halogens is 1. The molecule has 2 aromatic rings. The number of carbonyl (C=O) groups excluding carboxylic acids is 2. The van der Waals surface area contributed by atoms with Crippen LogP contribution in [0.2, 0.25) is 0 Å². The third-order valence-electron chi connectivity index (χ3n) is 7.49. The van der Waals surface area contributed by atoms with Gasteiger partial charge >= 0.3 is 12.1 Å². The molecule has 2 heterocycles. The first-order valence-electron chi connectivity index (χ1n) is 13.2. The molecule has 36 heavy (non-hydrogen) atoms. The molecular formula is C29H37ClNO5+. The Morgan fingerprint density at radius 3 is 2.03 bits per heavy atom. The van der Waals surface area contributed by atoms with Crippen LogP contribution in [0.3, 0.4) is 0 Å². The quantitative estimate of drug-likeness (QED) is 0.275. The monoisotopic (exact) mass is 514 g/mol. The van der Waals surface area contributed by atoms with Crippen LogP contribution < -0.4 is 4.90 Å². The topological polar surface area (TPSA) is 66.3 Å². The fourth-order valence-corrected chi connectivity index (χ4v) is 5.96. The predicted molar refractivity (Wildman–Crippen MR) is 138 cm³/mol. The number of fused-ring (bicyclic) bond motifs is 2. The van der Waals surface area contributed by atoms with Crippen molar-refractivity contribution in [3.05, 3.63) is 71.8 Å². The summed E-state index contributed by atoms with van der Waals surface area (Å²) in [4.78, 5) is 28.5. The molecule has 0 amide bonds. The van der Waals surface area contributed by atoms with Crippen molar-refractivity contribution in [3.63, 3.8) is 0 Å². The summed E-state index contributed by atoms with van der Waals surface area (Å²) in [6, 6.07) is 19.0. The van der Waals surface area contributed by atoms with Crippen LogP contribution in [-0.4, -0.2) is 42.4 Å². The number of nitrogens with one attached hydrogen (secondary N) is 1. The van der Waals surface area contributed by atoms with Gasteiger partial charge < -0.3 is 19.1 Å². The lowest BCUT2D eigenvalue weighted by molar-refractivity contribution is -0.942. The Morgan fingerprint density at radius 2 is 1.53 bits per heavy atom. The van der Waals surface area contributed by atoms with Gasteiger partial charge in [-0.15, -0.1) is 0 Å². The van der Waals surface area contributed by atoms with Crippen LogP contribution in [0.1, 0.15) is 69.9 Å². The minimum Gasteiger partial charge on any atom is -0.458 e. The van der Waals surface area contributed by atoms with E-state index in [1.54, 1.807) is 53.4 Å². The van der Waals surface area contributed by atoms with E-state index in [1.165, 1.54) is 45.6 Å². The highest BCUT2D eigenvalue weighted by atomic mass is 35.5. The first-order valence-corrected chi connectivity index (χ1v) is 13.6. The number of quaternary nitrogens is 1. The molecule has 1 N–H and O–H groups in total. The molecule has 2 bridgehead atoms. The van der Waals surface area contributed by atoms with Gasteiger partial charge in [-0.2, -0.15) is 0 Å². The first-order chi connectivity index (χ1) is 17.4. The Hall–Kier alpha value is -2.57. The van der Waals surface area contributed by atoms with E-state index in [0.717, 1.165) is 12.8 Å². The second-order valence-corrected chi connectivity index (χ2v) is 10.5. The summed E-state index contributed by atoms with van der Waals surface area (Å²) in [5.41, 5.74) is -1.74. The van der Waals surface area contributed by atoms with Crippen molar-refractivity contribution in [2.45, 2.75) is 88.1 Å². The van der Waals surface area contributed by atoms with Crippen LogP contribution in [-0.2, 0) is 24.6 Å². The SMILES string of the molecule is CCCCC[NH+]1C2CCC1CC(OC(=O)C(OC(=O)OC(C)Cl)(c1ccccc1)c1ccccc1)C2. The van der Waals surface area contributed by atoms with Crippen LogP contribution >= 0.6 is 11.6 Å². The largest absolute Gasteiger partial charge is 0.511 e. The molecule has 2 aliphatic heterocycles. The average molecular weight is 515 g/mol. The summed E-state index contributed by atoms with van der Waals surface area (Å²) in [5, 5.41) is 0. The summed E-state index contributed by atoms with van der Waals surface area (Å²) < 4.78 is 17.2. The number of unbranched alkanes of at least 4 members (excludes halogenated alkanes) is 2. The van der Waals surface area contributed by atoms with Crippen LogP contribution in [0.15, 0.2) is 60.7 Å². The van der Waals surface area contributed by atoms with E-state index in [1.807, 2.05) is 12.1 Å². The number of ether oxygens (including phenoxy) is 3. The van der Waals surface area contributed by atoms with E-state index in [9.17, 15) is 9.59 Å². The highest BCUT2D eigenvalue weighted by Gasteiger charge is 2.52. The first kappa shape index (κ1) is 26.5. The number of hydrogen-bond acceptors (Lipinski definition) is 5. The molecule has 0 radical (unpaired) electrons. The Bertz CT molecular complexity index is 946. The highest BCUT2D eigenvalue weighted by Crippen LogP contribution is 2.37. The van der Waals surface area contributed by atoms with Gasteiger partial charge in [-0.1, -0.05) is 85.6 Å². The van der Waals surface area contributed by atoms with E-state index in [2.05, 4.69) is 6.92 Å². The minimum absolute atomic E-state index is 0.219. The summed E-state index contributed by atoms with van der Waals surface area (Å²) >= 11 is 5.89. The van der Waals surface area contributed by atoms with Crippen molar-refractivity contribution in [2.24, 2.45) is 0 Å². The third kappa shape index (κ3) is 5.87. The number of piperidine rings is 1. The summed E-state index contributed by atoms with van der Waals surface area (Å²) in [6.45, 7) is 4.93. The van der Waals surface area contributed by atoms with Crippen molar-refractivity contribution < 1.29 is 28.7 Å². The molecule has 0 spiro atoms. The predicted octanol–water partition coefficient (Wildman–Crippen LogP) is 4.98. The second kappa shape index (κ2) is 12.1. The van der Waals surface area contributed by atoms with Gasteiger partial charge in [0.25, 0.3) is 5.60 Å². The van der Waals surface area contributed by atoms with E-state index >= 15 is 0 Å². The van der Waals surface area contributed by atoms with Gasteiger partial charge in [-0.3, -0.25) is 0 Å². The maximum Gasteiger partial charge on any atom is 0.511 e. The number of carbonyl (C=O) groups is 2. The Labute approximate surface area is 218 Å². The molecule has 0 aromatic heterocycles.